The molecule has 6 heteroatoms. The lowest BCUT2D eigenvalue weighted by atomic mass is 10.1. The monoisotopic (exact) mass is 386 g/mol. The Morgan fingerprint density at radius 3 is 2.32 bits per heavy atom. The van der Waals surface area contributed by atoms with Crippen molar-refractivity contribution in [3.63, 3.8) is 0 Å². The Morgan fingerprint density at radius 1 is 1.04 bits per heavy atom. The lowest BCUT2D eigenvalue weighted by molar-refractivity contribution is -0.142. The third-order valence-corrected chi connectivity index (χ3v) is 4.26. The fraction of sp³-hybridized carbons (Fsp3) is 0.364. The number of nitrogens with one attached hydrogen (secondary N) is 1. The van der Waals surface area contributed by atoms with Gasteiger partial charge in [0.1, 0.15) is 17.6 Å². The van der Waals surface area contributed by atoms with Gasteiger partial charge in [-0.3, -0.25) is 9.59 Å². The van der Waals surface area contributed by atoms with Gasteiger partial charge in [-0.2, -0.15) is 0 Å². The smallest absolute Gasteiger partial charge is 0.261 e. The van der Waals surface area contributed by atoms with Crippen molar-refractivity contribution in [2.24, 2.45) is 5.92 Å². The van der Waals surface area contributed by atoms with Crippen molar-refractivity contribution < 1.29 is 18.7 Å². The number of amides is 2. The summed E-state index contributed by atoms with van der Waals surface area (Å²) in [5.41, 5.74) is 0.346. The Balaban J connectivity index is 2.13. The van der Waals surface area contributed by atoms with Gasteiger partial charge in [-0.25, -0.2) is 4.39 Å². The Labute approximate surface area is 165 Å². The van der Waals surface area contributed by atoms with E-state index in [0.717, 1.165) is 0 Å². The molecule has 0 fully saturated rings. The minimum Gasteiger partial charge on any atom is -0.484 e. The zero-order chi connectivity index (χ0) is 20.5. The number of carbonyl (C=O) groups is 2. The molecular weight excluding hydrogens is 359 g/mol. The zero-order valence-corrected chi connectivity index (χ0v) is 16.5. The molecule has 1 N–H and O–H groups in total. The zero-order valence-electron chi connectivity index (χ0n) is 16.5. The number of hydrogen-bond acceptors (Lipinski definition) is 3. The number of halogens is 1. The summed E-state index contributed by atoms with van der Waals surface area (Å²) in [5, 5.41) is 2.82. The molecule has 0 bridgehead atoms. The van der Waals surface area contributed by atoms with Gasteiger partial charge in [0, 0.05) is 18.7 Å². The van der Waals surface area contributed by atoms with Crippen molar-refractivity contribution in [3.8, 4) is 5.75 Å². The lowest BCUT2D eigenvalue weighted by Crippen LogP contribution is -2.49. The largest absolute Gasteiger partial charge is 0.484 e. The van der Waals surface area contributed by atoms with Gasteiger partial charge in [-0.1, -0.05) is 50.2 Å². The quantitative estimate of drug-likeness (QED) is 0.719. The van der Waals surface area contributed by atoms with Gasteiger partial charge in [0.15, 0.2) is 6.61 Å². The first kappa shape index (κ1) is 21.4. The third kappa shape index (κ3) is 6.37. The highest BCUT2D eigenvalue weighted by molar-refractivity contribution is 5.87. The van der Waals surface area contributed by atoms with E-state index in [1.54, 1.807) is 49.4 Å². The fourth-order valence-electron chi connectivity index (χ4n) is 2.59. The van der Waals surface area contributed by atoms with E-state index < -0.39 is 11.9 Å². The van der Waals surface area contributed by atoms with Gasteiger partial charge in [-0.05, 0) is 31.0 Å². The maximum absolute atomic E-state index is 14.1. The number of carbonyl (C=O) groups excluding carboxylic acids is 2. The van der Waals surface area contributed by atoms with Crippen LogP contribution in [0.15, 0.2) is 54.6 Å². The Hall–Kier alpha value is -2.89. The summed E-state index contributed by atoms with van der Waals surface area (Å²) in [6.45, 7) is 5.87. The highest BCUT2D eigenvalue weighted by Crippen LogP contribution is 2.14. The number of rotatable bonds is 9. The Kier molecular flexibility index (Phi) is 7.99. The molecule has 1 atom stereocenters. The second kappa shape index (κ2) is 10.4. The average Bonchev–Trinajstić information content (AvgIpc) is 2.69. The van der Waals surface area contributed by atoms with Gasteiger partial charge in [0.2, 0.25) is 5.91 Å². The third-order valence-electron chi connectivity index (χ3n) is 4.26. The van der Waals surface area contributed by atoms with Crippen LogP contribution in [-0.4, -0.2) is 35.9 Å². The summed E-state index contributed by atoms with van der Waals surface area (Å²) in [7, 11) is 0. The molecule has 0 aliphatic heterocycles. The highest BCUT2D eigenvalue weighted by atomic mass is 19.1. The summed E-state index contributed by atoms with van der Waals surface area (Å²) >= 11 is 0. The molecule has 2 aromatic rings. The van der Waals surface area contributed by atoms with Crippen LogP contribution < -0.4 is 10.1 Å². The van der Waals surface area contributed by atoms with E-state index in [2.05, 4.69) is 5.32 Å². The molecule has 28 heavy (non-hydrogen) atoms. The lowest BCUT2D eigenvalue weighted by Gasteiger charge is -2.29. The molecule has 1 unspecified atom stereocenters. The minimum absolute atomic E-state index is 0.0140. The topological polar surface area (TPSA) is 58.6 Å². The normalized spacial score (nSPS) is 11.8. The van der Waals surface area contributed by atoms with Crippen molar-refractivity contribution in [2.45, 2.75) is 33.4 Å². The van der Waals surface area contributed by atoms with Gasteiger partial charge >= 0.3 is 0 Å². The molecule has 0 heterocycles. The Bertz CT molecular complexity index is 780. The van der Waals surface area contributed by atoms with Gasteiger partial charge in [0.25, 0.3) is 5.91 Å². The minimum atomic E-state index is -0.759. The van der Waals surface area contributed by atoms with E-state index in [1.807, 2.05) is 19.9 Å². The Morgan fingerprint density at radius 2 is 1.68 bits per heavy atom. The molecule has 5 nitrogen and oxygen atoms in total. The molecule has 0 aliphatic carbocycles. The van der Waals surface area contributed by atoms with Crippen LogP contribution in [0.5, 0.6) is 5.75 Å². The van der Waals surface area contributed by atoms with Gasteiger partial charge in [-0.15, -0.1) is 0 Å². The summed E-state index contributed by atoms with van der Waals surface area (Å²) in [6.07, 6.45) is 0. The first-order chi connectivity index (χ1) is 13.4. The molecule has 0 saturated heterocycles. The molecule has 2 rings (SSSR count). The number of benzene rings is 2. The van der Waals surface area contributed by atoms with Crippen LogP contribution in [0.25, 0.3) is 0 Å². The molecule has 2 amide bonds. The first-order valence-electron chi connectivity index (χ1n) is 9.37. The van der Waals surface area contributed by atoms with Crippen LogP contribution in [-0.2, 0) is 16.1 Å². The van der Waals surface area contributed by atoms with E-state index in [-0.39, 0.29) is 30.9 Å². The van der Waals surface area contributed by atoms with E-state index >= 15 is 0 Å². The average molecular weight is 386 g/mol. The molecule has 150 valence electrons. The molecule has 0 aromatic heterocycles. The summed E-state index contributed by atoms with van der Waals surface area (Å²) < 4.78 is 19.6. The SMILES string of the molecule is CC(C)CNC(=O)C(C)N(Cc1ccccc1F)C(=O)COc1ccccc1. The number of para-hydroxylation sites is 1. The van der Waals surface area contributed by atoms with Crippen LogP contribution in [0.2, 0.25) is 0 Å². The van der Waals surface area contributed by atoms with Crippen molar-refractivity contribution in [3.05, 3.63) is 66.0 Å². The standard InChI is InChI=1S/C22H27FN2O3/c1-16(2)13-24-22(27)17(3)25(14-18-9-7-8-12-20(18)23)21(26)15-28-19-10-5-4-6-11-19/h4-12,16-17H,13-15H2,1-3H3,(H,24,27). The maximum Gasteiger partial charge on any atom is 0.261 e. The number of ether oxygens (including phenoxy) is 1. The van der Waals surface area contributed by atoms with Crippen molar-refractivity contribution in [1.82, 2.24) is 10.2 Å². The highest BCUT2D eigenvalue weighted by Gasteiger charge is 2.27. The summed E-state index contributed by atoms with van der Waals surface area (Å²) in [4.78, 5) is 26.7. The molecule has 2 aromatic carbocycles. The van der Waals surface area contributed by atoms with Crippen LogP contribution >= 0.6 is 0 Å². The predicted molar refractivity (Wildman–Crippen MR) is 106 cm³/mol. The summed E-state index contributed by atoms with van der Waals surface area (Å²) in [6, 6.07) is 14.4. The van der Waals surface area contributed by atoms with Crippen molar-refractivity contribution in [2.75, 3.05) is 13.2 Å². The van der Waals surface area contributed by atoms with E-state index in [1.165, 1.54) is 11.0 Å². The predicted octanol–water partition coefficient (Wildman–Crippen LogP) is 3.39. The molecule has 0 spiro atoms. The maximum atomic E-state index is 14.1. The second-order valence-electron chi connectivity index (χ2n) is 7.03. The number of nitrogens with zero attached hydrogens (tertiary/aromatic N) is 1. The van der Waals surface area contributed by atoms with Gasteiger partial charge in [0.05, 0.1) is 0 Å². The van der Waals surface area contributed by atoms with E-state index in [4.69, 9.17) is 4.74 Å². The number of hydrogen-bond donors (Lipinski definition) is 1. The molecule has 0 aliphatic rings. The molecule has 0 saturated carbocycles. The van der Waals surface area contributed by atoms with Crippen molar-refractivity contribution in [1.29, 1.82) is 0 Å². The fourth-order valence-corrected chi connectivity index (χ4v) is 2.59. The molecular formula is C22H27FN2O3. The second-order valence-corrected chi connectivity index (χ2v) is 7.03. The molecule has 0 radical (unpaired) electrons. The van der Waals surface area contributed by atoms with Crippen LogP contribution in [0, 0.1) is 11.7 Å². The van der Waals surface area contributed by atoms with E-state index in [9.17, 15) is 14.0 Å². The van der Waals surface area contributed by atoms with E-state index in [0.29, 0.717) is 17.9 Å². The van der Waals surface area contributed by atoms with Gasteiger partial charge < -0.3 is 15.0 Å². The summed E-state index contributed by atoms with van der Waals surface area (Å²) in [5.74, 6) is -0.247. The van der Waals surface area contributed by atoms with Crippen LogP contribution in [0.4, 0.5) is 4.39 Å². The van der Waals surface area contributed by atoms with Crippen molar-refractivity contribution >= 4 is 11.8 Å². The van der Waals surface area contributed by atoms with Crippen LogP contribution in [0.1, 0.15) is 26.3 Å². The first-order valence-corrected chi connectivity index (χ1v) is 9.37. The van der Waals surface area contributed by atoms with Crippen LogP contribution in [0.3, 0.4) is 0 Å².